The minimum Gasteiger partial charge on any atom is -0.392 e. The molecule has 2 N–H and O–H groups in total. The average molecular weight is 284 g/mol. The third-order valence-corrected chi connectivity index (χ3v) is 4.84. The number of aliphatic hydroxyl groups is 1. The molecule has 106 valence electrons. The molecule has 1 fully saturated rings. The zero-order valence-corrected chi connectivity index (χ0v) is 11.7. The van der Waals surface area contributed by atoms with Crippen LogP contribution in [-0.4, -0.2) is 30.9 Å². The number of rotatable bonds is 5. The summed E-state index contributed by atoms with van der Waals surface area (Å²) in [4.78, 5) is 0. The van der Waals surface area contributed by atoms with Gasteiger partial charge in [0.15, 0.2) is 0 Å². The summed E-state index contributed by atoms with van der Waals surface area (Å²) in [6, 6.07) is 7.27. The van der Waals surface area contributed by atoms with E-state index in [9.17, 15) is 8.42 Å². The largest absolute Gasteiger partial charge is 0.392 e. The Labute approximate surface area is 114 Å². The van der Waals surface area contributed by atoms with Gasteiger partial charge in [-0.2, -0.15) is 17.4 Å². The maximum atomic E-state index is 12.1. The van der Waals surface area contributed by atoms with Crippen LogP contribution in [0.1, 0.15) is 30.4 Å². The van der Waals surface area contributed by atoms with Crippen LogP contribution in [0.3, 0.4) is 0 Å². The van der Waals surface area contributed by atoms with Crippen LogP contribution in [0.15, 0.2) is 24.3 Å². The van der Waals surface area contributed by atoms with Crippen molar-refractivity contribution in [1.29, 1.82) is 0 Å². The number of hydrogen-bond acceptors (Lipinski definition) is 3. The molecule has 1 aliphatic rings. The quantitative estimate of drug-likeness (QED) is 0.847. The number of nitrogens with one attached hydrogen (secondary N) is 1. The molecule has 19 heavy (non-hydrogen) atoms. The zero-order chi connectivity index (χ0) is 13.7. The molecule has 1 aromatic rings. The minimum atomic E-state index is -3.38. The molecule has 0 atom stereocenters. The smallest absolute Gasteiger partial charge is 0.279 e. The third-order valence-electron chi connectivity index (χ3n) is 3.29. The Balaban J connectivity index is 1.96. The minimum absolute atomic E-state index is 0.0350. The normalized spacial score (nSPS) is 17.5. The Morgan fingerprint density at radius 3 is 2.53 bits per heavy atom. The van der Waals surface area contributed by atoms with Gasteiger partial charge in [0.1, 0.15) is 0 Å². The predicted molar refractivity (Wildman–Crippen MR) is 73.5 cm³/mol. The van der Waals surface area contributed by atoms with Crippen LogP contribution >= 0.6 is 0 Å². The van der Waals surface area contributed by atoms with Crippen molar-refractivity contribution in [2.24, 2.45) is 0 Å². The summed E-state index contributed by atoms with van der Waals surface area (Å²) in [6.07, 6.45) is 2.96. The Bertz CT molecular complexity index is 510. The lowest BCUT2D eigenvalue weighted by Gasteiger charge is -2.25. The summed E-state index contributed by atoms with van der Waals surface area (Å²) < 4.78 is 28.3. The van der Waals surface area contributed by atoms with E-state index in [2.05, 4.69) is 4.72 Å². The fourth-order valence-corrected chi connectivity index (χ4v) is 3.48. The van der Waals surface area contributed by atoms with Crippen LogP contribution in [0.4, 0.5) is 0 Å². The highest BCUT2D eigenvalue weighted by atomic mass is 32.2. The summed E-state index contributed by atoms with van der Waals surface area (Å²) in [5, 5.41) is 9.05. The first kappa shape index (κ1) is 14.5. The lowest BCUT2D eigenvalue weighted by Crippen LogP contribution is -2.43. The highest BCUT2D eigenvalue weighted by Crippen LogP contribution is 2.12. The summed E-state index contributed by atoms with van der Waals surface area (Å²) in [5.74, 6) is 0. The molecule has 0 spiro atoms. The van der Waals surface area contributed by atoms with Crippen LogP contribution in [-0.2, 0) is 23.4 Å². The van der Waals surface area contributed by atoms with Gasteiger partial charge in [0, 0.05) is 19.6 Å². The number of nitrogens with zero attached hydrogens (tertiary/aromatic N) is 1. The Kier molecular flexibility index (Phi) is 4.93. The van der Waals surface area contributed by atoms with E-state index in [0.717, 1.165) is 30.4 Å². The van der Waals surface area contributed by atoms with E-state index >= 15 is 0 Å². The number of hydrogen-bond donors (Lipinski definition) is 2. The number of benzene rings is 1. The molecule has 1 heterocycles. The van der Waals surface area contributed by atoms with Crippen molar-refractivity contribution in [2.75, 3.05) is 13.1 Å². The van der Waals surface area contributed by atoms with Gasteiger partial charge in [-0.3, -0.25) is 0 Å². The van der Waals surface area contributed by atoms with Crippen molar-refractivity contribution < 1.29 is 13.5 Å². The van der Waals surface area contributed by atoms with Crippen molar-refractivity contribution in [1.82, 2.24) is 9.03 Å². The SMILES string of the molecule is O=S(=O)(NCc1cccc(CO)c1)N1CCCCC1. The van der Waals surface area contributed by atoms with Gasteiger partial charge in [-0.05, 0) is 24.0 Å². The van der Waals surface area contributed by atoms with Gasteiger partial charge < -0.3 is 5.11 Å². The molecule has 0 unspecified atom stereocenters. The molecule has 1 aliphatic heterocycles. The van der Waals surface area contributed by atoms with Crippen LogP contribution in [0.5, 0.6) is 0 Å². The molecule has 2 rings (SSSR count). The molecule has 0 saturated carbocycles. The fourth-order valence-electron chi connectivity index (χ4n) is 2.21. The third kappa shape index (κ3) is 4.01. The molecule has 0 aromatic heterocycles. The van der Waals surface area contributed by atoms with E-state index in [1.807, 2.05) is 18.2 Å². The van der Waals surface area contributed by atoms with Crippen LogP contribution in [0.2, 0.25) is 0 Å². The molecule has 1 aromatic carbocycles. The van der Waals surface area contributed by atoms with Gasteiger partial charge in [0.25, 0.3) is 10.2 Å². The zero-order valence-electron chi connectivity index (χ0n) is 10.9. The second kappa shape index (κ2) is 6.47. The molecule has 0 amide bonds. The van der Waals surface area contributed by atoms with Crippen LogP contribution < -0.4 is 4.72 Å². The maximum absolute atomic E-state index is 12.1. The lowest BCUT2D eigenvalue weighted by atomic mass is 10.1. The predicted octanol–water partition coefficient (Wildman–Crippen LogP) is 0.999. The molecule has 0 bridgehead atoms. The molecule has 1 saturated heterocycles. The van der Waals surface area contributed by atoms with E-state index in [1.54, 1.807) is 6.07 Å². The van der Waals surface area contributed by atoms with Gasteiger partial charge in [-0.25, -0.2) is 0 Å². The highest BCUT2D eigenvalue weighted by molar-refractivity contribution is 7.87. The number of piperidine rings is 1. The second-order valence-corrected chi connectivity index (χ2v) is 6.52. The number of aliphatic hydroxyl groups excluding tert-OH is 1. The highest BCUT2D eigenvalue weighted by Gasteiger charge is 2.23. The van der Waals surface area contributed by atoms with E-state index < -0.39 is 10.2 Å². The van der Waals surface area contributed by atoms with Crippen molar-refractivity contribution in [3.05, 3.63) is 35.4 Å². The first-order valence-electron chi connectivity index (χ1n) is 6.55. The van der Waals surface area contributed by atoms with Crippen molar-refractivity contribution >= 4 is 10.2 Å². The average Bonchev–Trinajstić information content (AvgIpc) is 2.46. The van der Waals surface area contributed by atoms with Crippen molar-refractivity contribution in [3.63, 3.8) is 0 Å². The molecular weight excluding hydrogens is 264 g/mol. The maximum Gasteiger partial charge on any atom is 0.279 e. The first-order valence-corrected chi connectivity index (χ1v) is 7.99. The molecule has 0 radical (unpaired) electrons. The topological polar surface area (TPSA) is 69.6 Å². The van der Waals surface area contributed by atoms with E-state index in [1.165, 1.54) is 4.31 Å². The second-order valence-electron chi connectivity index (χ2n) is 4.76. The molecular formula is C13H20N2O3S. The monoisotopic (exact) mass is 284 g/mol. The Morgan fingerprint density at radius 2 is 1.84 bits per heavy atom. The van der Waals surface area contributed by atoms with Crippen LogP contribution in [0, 0.1) is 0 Å². The van der Waals surface area contributed by atoms with Gasteiger partial charge in [0.2, 0.25) is 0 Å². The lowest BCUT2D eigenvalue weighted by molar-refractivity contribution is 0.281. The van der Waals surface area contributed by atoms with Crippen LogP contribution in [0.25, 0.3) is 0 Å². The molecule has 6 heteroatoms. The van der Waals surface area contributed by atoms with E-state index in [0.29, 0.717) is 13.1 Å². The van der Waals surface area contributed by atoms with E-state index in [4.69, 9.17) is 5.11 Å². The first-order chi connectivity index (χ1) is 9.12. The van der Waals surface area contributed by atoms with Gasteiger partial charge >= 0.3 is 0 Å². The van der Waals surface area contributed by atoms with Gasteiger partial charge in [-0.1, -0.05) is 30.7 Å². The summed E-state index contributed by atoms with van der Waals surface area (Å²) >= 11 is 0. The van der Waals surface area contributed by atoms with Gasteiger partial charge in [-0.15, -0.1) is 0 Å². The van der Waals surface area contributed by atoms with Crippen molar-refractivity contribution in [2.45, 2.75) is 32.4 Å². The Morgan fingerprint density at radius 1 is 1.16 bits per heavy atom. The standard InChI is InChI=1S/C13H20N2O3S/c16-11-13-6-4-5-12(9-13)10-14-19(17,18)15-7-2-1-3-8-15/h4-6,9,14,16H,1-3,7-8,10-11H2. The van der Waals surface area contributed by atoms with Crippen molar-refractivity contribution in [3.8, 4) is 0 Å². The summed E-state index contributed by atoms with van der Waals surface area (Å²) in [7, 11) is -3.38. The van der Waals surface area contributed by atoms with Gasteiger partial charge in [0.05, 0.1) is 6.61 Å². The Hall–Kier alpha value is -0.950. The fraction of sp³-hybridized carbons (Fsp3) is 0.538. The van der Waals surface area contributed by atoms with E-state index in [-0.39, 0.29) is 13.2 Å². The molecule has 0 aliphatic carbocycles. The summed E-state index contributed by atoms with van der Waals surface area (Å²) in [5.41, 5.74) is 1.64. The summed E-state index contributed by atoms with van der Waals surface area (Å²) in [6.45, 7) is 1.43. The molecule has 5 nitrogen and oxygen atoms in total.